The first-order valence-electron chi connectivity index (χ1n) is 7.05. The van der Waals surface area contributed by atoms with E-state index in [0.29, 0.717) is 14.8 Å². The third-order valence-corrected chi connectivity index (χ3v) is 4.47. The Morgan fingerprint density at radius 3 is 2.54 bits per heavy atom. The Labute approximate surface area is 148 Å². The summed E-state index contributed by atoms with van der Waals surface area (Å²) in [6.07, 6.45) is 1.66. The van der Waals surface area contributed by atoms with Crippen molar-refractivity contribution in [2.75, 3.05) is 20.3 Å². The SMILES string of the molecule is CCOC(=O)CN1C(=O)C(=Cc2ccc(C(=O)OC)cc2)SC1=S. The second-order valence-corrected chi connectivity index (χ2v) is 6.36. The van der Waals surface area contributed by atoms with E-state index in [2.05, 4.69) is 4.74 Å². The van der Waals surface area contributed by atoms with Crippen LogP contribution in [0.25, 0.3) is 6.08 Å². The number of amides is 1. The molecule has 0 saturated carbocycles. The van der Waals surface area contributed by atoms with Crippen molar-refractivity contribution in [3.63, 3.8) is 0 Å². The summed E-state index contributed by atoms with van der Waals surface area (Å²) in [6, 6.07) is 6.61. The largest absolute Gasteiger partial charge is 0.465 e. The van der Waals surface area contributed by atoms with E-state index in [9.17, 15) is 14.4 Å². The fourth-order valence-electron chi connectivity index (χ4n) is 1.96. The van der Waals surface area contributed by atoms with Crippen molar-refractivity contribution < 1.29 is 23.9 Å². The van der Waals surface area contributed by atoms with E-state index in [-0.39, 0.29) is 19.1 Å². The van der Waals surface area contributed by atoms with Crippen molar-refractivity contribution in [2.24, 2.45) is 0 Å². The second-order valence-electron chi connectivity index (χ2n) is 4.69. The molecular formula is C16H15NO5S2. The van der Waals surface area contributed by atoms with Gasteiger partial charge in [-0.25, -0.2) is 4.79 Å². The van der Waals surface area contributed by atoms with Crippen LogP contribution in [0.1, 0.15) is 22.8 Å². The van der Waals surface area contributed by atoms with Gasteiger partial charge in [-0.05, 0) is 30.7 Å². The number of hydrogen-bond donors (Lipinski definition) is 0. The highest BCUT2D eigenvalue weighted by atomic mass is 32.2. The smallest absolute Gasteiger partial charge is 0.337 e. The molecule has 1 aliphatic heterocycles. The maximum Gasteiger partial charge on any atom is 0.337 e. The maximum absolute atomic E-state index is 12.3. The summed E-state index contributed by atoms with van der Waals surface area (Å²) in [6.45, 7) is 1.74. The van der Waals surface area contributed by atoms with E-state index in [4.69, 9.17) is 17.0 Å². The van der Waals surface area contributed by atoms with Gasteiger partial charge in [0.05, 0.1) is 24.2 Å². The predicted molar refractivity (Wildman–Crippen MR) is 94.3 cm³/mol. The molecule has 126 valence electrons. The number of thioether (sulfide) groups is 1. The van der Waals surface area contributed by atoms with Crippen LogP contribution in [0.4, 0.5) is 0 Å². The van der Waals surface area contributed by atoms with Crippen LogP contribution >= 0.6 is 24.0 Å². The number of rotatable bonds is 5. The van der Waals surface area contributed by atoms with E-state index in [1.54, 1.807) is 37.3 Å². The van der Waals surface area contributed by atoms with Gasteiger partial charge in [0.1, 0.15) is 10.9 Å². The highest BCUT2D eigenvalue weighted by Crippen LogP contribution is 2.32. The lowest BCUT2D eigenvalue weighted by molar-refractivity contribution is -0.145. The fourth-order valence-corrected chi connectivity index (χ4v) is 3.21. The Kier molecular flexibility index (Phi) is 6.10. The van der Waals surface area contributed by atoms with Crippen molar-refractivity contribution in [2.45, 2.75) is 6.92 Å². The topological polar surface area (TPSA) is 72.9 Å². The van der Waals surface area contributed by atoms with Gasteiger partial charge in [-0.3, -0.25) is 14.5 Å². The van der Waals surface area contributed by atoms with Gasteiger partial charge in [-0.15, -0.1) is 0 Å². The van der Waals surface area contributed by atoms with Crippen LogP contribution < -0.4 is 0 Å². The van der Waals surface area contributed by atoms with Crippen molar-refractivity contribution in [1.29, 1.82) is 0 Å². The predicted octanol–water partition coefficient (Wildman–Crippen LogP) is 2.24. The number of hydrogen-bond acceptors (Lipinski definition) is 7. The summed E-state index contributed by atoms with van der Waals surface area (Å²) < 4.78 is 9.78. The number of carbonyl (C=O) groups excluding carboxylic acids is 3. The standard InChI is InChI=1S/C16H15NO5S2/c1-3-22-13(18)9-17-14(19)12(24-16(17)23)8-10-4-6-11(7-5-10)15(20)21-2/h4-8H,3,9H2,1-2H3. The molecule has 0 bridgehead atoms. The molecule has 0 N–H and O–H groups in total. The van der Waals surface area contributed by atoms with Crippen molar-refractivity contribution >= 4 is 52.2 Å². The van der Waals surface area contributed by atoms with Gasteiger partial charge in [0.15, 0.2) is 0 Å². The first kappa shape index (κ1) is 18.2. The Morgan fingerprint density at radius 2 is 1.96 bits per heavy atom. The number of ether oxygens (including phenoxy) is 2. The number of methoxy groups -OCH3 is 1. The molecule has 1 amide bonds. The minimum absolute atomic E-state index is 0.197. The van der Waals surface area contributed by atoms with Crippen molar-refractivity contribution in [1.82, 2.24) is 4.90 Å². The van der Waals surface area contributed by atoms with Crippen molar-refractivity contribution in [3.8, 4) is 0 Å². The zero-order chi connectivity index (χ0) is 17.7. The normalized spacial score (nSPS) is 15.8. The summed E-state index contributed by atoms with van der Waals surface area (Å²) >= 11 is 6.26. The zero-order valence-electron chi connectivity index (χ0n) is 13.1. The quantitative estimate of drug-likeness (QED) is 0.450. The zero-order valence-corrected chi connectivity index (χ0v) is 14.7. The molecule has 1 aliphatic rings. The van der Waals surface area contributed by atoms with Crippen LogP contribution in [0.2, 0.25) is 0 Å². The molecule has 0 aliphatic carbocycles. The number of carbonyl (C=O) groups is 3. The number of benzene rings is 1. The Hall–Kier alpha value is -2.19. The summed E-state index contributed by atoms with van der Waals surface area (Å²) in [5.41, 5.74) is 1.16. The van der Waals surface area contributed by atoms with Crippen LogP contribution in [0.5, 0.6) is 0 Å². The third kappa shape index (κ3) is 4.21. The molecule has 2 rings (SSSR count). The number of nitrogens with zero attached hydrogens (tertiary/aromatic N) is 1. The van der Waals surface area contributed by atoms with Crippen LogP contribution in [0, 0.1) is 0 Å². The van der Waals surface area contributed by atoms with Crippen LogP contribution in [0.3, 0.4) is 0 Å². The van der Waals surface area contributed by atoms with Crippen LogP contribution in [0.15, 0.2) is 29.2 Å². The average Bonchev–Trinajstić information content (AvgIpc) is 2.82. The summed E-state index contributed by atoms with van der Waals surface area (Å²) in [7, 11) is 1.31. The monoisotopic (exact) mass is 365 g/mol. The lowest BCUT2D eigenvalue weighted by Crippen LogP contribution is -2.34. The highest BCUT2D eigenvalue weighted by Gasteiger charge is 2.33. The molecule has 0 unspecified atom stereocenters. The van der Waals surface area contributed by atoms with E-state index in [0.717, 1.165) is 17.3 Å². The Bertz CT molecular complexity index is 712. The van der Waals surface area contributed by atoms with Crippen LogP contribution in [-0.2, 0) is 19.1 Å². The molecule has 1 aromatic carbocycles. The van der Waals surface area contributed by atoms with Gasteiger partial charge in [0.25, 0.3) is 5.91 Å². The maximum atomic E-state index is 12.3. The third-order valence-electron chi connectivity index (χ3n) is 3.10. The number of esters is 2. The molecule has 0 spiro atoms. The fraction of sp³-hybridized carbons (Fsp3) is 0.250. The summed E-state index contributed by atoms with van der Waals surface area (Å²) in [4.78, 5) is 36.9. The lowest BCUT2D eigenvalue weighted by atomic mass is 10.1. The molecule has 1 fully saturated rings. The molecule has 24 heavy (non-hydrogen) atoms. The Morgan fingerprint density at radius 1 is 1.29 bits per heavy atom. The molecule has 0 radical (unpaired) electrons. The molecule has 0 atom stereocenters. The minimum atomic E-state index is -0.502. The van der Waals surface area contributed by atoms with Gasteiger partial charge in [-0.1, -0.05) is 36.1 Å². The first-order chi connectivity index (χ1) is 11.5. The van der Waals surface area contributed by atoms with Crippen molar-refractivity contribution in [3.05, 3.63) is 40.3 Å². The van der Waals surface area contributed by atoms with E-state index in [1.165, 1.54) is 12.0 Å². The Balaban J connectivity index is 2.13. The number of thiocarbonyl (C=S) groups is 1. The van der Waals surface area contributed by atoms with Crippen LogP contribution in [-0.4, -0.2) is 47.3 Å². The molecule has 8 heteroatoms. The molecule has 1 aromatic rings. The summed E-state index contributed by atoms with van der Waals surface area (Å²) in [5.74, 6) is -1.27. The summed E-state index contributed by atoms with van der Waals surface area (Å²) in [5, 5.41) is 0. The van der Waals surface area contributed by atoms with E-state index in [1.807, 2.05) is 0 Å². The minimum Gasteiger partial charge on any atom is -0.465 e. The van der Waals surface area contributed by atoms with Gasteiger partial charge in [-0.2, -0.15) is 0 Å². The first-order valence-corrected chi connectivity index (χ1v) is 8.28. The second kappa shape index (κ2) is 8.07. The highest BCUT2D eigenvalue weighted by molar-refractivity contribution is 8.26. The molecular weight excluding hydrogens is 350 g/mol. The van der Waals surface area contributed by atoms with E-state index < -0.39 is 11.9 Å². The van der Waals surface area contributed by atoms with Gasteiger partial charge in [0, 0.05) is 0 Å². The van der Waals surface area contributed by atoms with Gasteiger partial charge >= 0.3 is 11.9 Å². The van der Waals surface area contributed by atoms with E-state index >= 15 is 0 Å². The molecule has 6 nitrogen and oxygen atoms in total. The molecule has 0 aromatic heterocycles. The molecule has 1 heterocycles. The van der Waals surface area contributed by atoms with Gasteiger partial charge in [0.2, 0.25) is 0 Å². The van der Waals surface area contributed by atoms with Gasteiger partial charge < -0.3 is 9.47 Å². The molecule has 1 saturated heterocycles. The average molecular weight is 365 g/mol. The lowest BCUT2D eigenvalue weighted by Gasteiger charge is -2.12.